The van der Waals surface area contributed by atoms with Crippen LogP contribution >= 0.6 is 12.2 Å². The van der Waals surface area contributed by atoms with Crippen molar-refractivity contribution in [1.82, 2.24) is 0 Å². The van der Waals surface area contributed by atoms with Gasteiger partial charge in [-0.05, 0) is 11.6 Å². The molecule has 2 nitrogen and oxygen atoms in total. The van der Waals surface area contributed by atoms with Gasteiger partial charge in [0.1, 0.15) is 0 Å². The third-order valence-corrected chi connectivity index (χ3v) is 1.37. The molecule has 0 saturated heterocycles. The lowest BCUT2D eigenvalue weighted by Gasteiger charge is -1.97. The first-order valence-electron chi connectivity index (χ1n) is 2.79. The van der Waals surface area contributed by atoms with Crippen LogP contribution in [0.25, 0.3) is 0 Å². The number of carbonyl (C=O) groups excluding carboxylic acids is 2. The van der Waals surface area contributed by atoms with Crippen molar-refractivity contribution in [2.45, 2.75) is 0 Å². The Labute approximate surface area is 69.9 Å². The van der Waals surface area contributed by atoms with Crippen LogP contribution in [-0.2, 0) is 9.59 Å². The molecule has 0 aromatic heterocycles. The van der Waals surface area contributed by atoms with E-state index in [9.17, 15) is 0 Å². The number of hydrogen-bond donors (Lipinski definition) is 0. The van der Waals surface area contributed by atoms with Crippen molar-refractivity contribution in [3.05, 3.63) is 36.5 Å². The molecule has 0 atom stereocenters. The van der Waals surface area contributed by atoms with Crippen molar-refractivity contribution < 1.29 is 9.59 Å². The lowest BCUT2D eigenvalue weighted by atomic mass is 10.1. The Bertz CT molecular complexity index is 233. The minimum atomic E-state index is 0.250. The summed E-state index contributed by atoms with van der Waals surface area (Å²) < 4.78 is 0. The van der Waals surface area contributed by atoms with Crippen LogP contribution in [0.1, 0.15) is 0 Å². The molecular formula is C8H6O2S. The summed E-state index contributed by atoms with van der Waals surface area (Å²) >= 11 is 4.89. The molecule has 0 radical (unpaired) electrons. The molecule has 3 heteroatoms. The van der Waals surface area contributed by atoms with Crippen molar-refractivity contribution in [1.29, 1.82) is 0 Å². The Morgan fingerprint density at radius 2 is 1.73 bits per heavy atom. The molecule has 0 unspecified atom stereocenters. The maximum Gasteiger partial charge on any atom is 0.373 e. The van der Waals surface area contributed by atoms with Gasteiger partial charge in [-0.15, -0.1) is 0 Å². The normalized spacial score (nSPS) is 13.5. The van der Waals surface area contributed by atoms with Crippen molar-refractivity contribution in [2.75, 3.05) is 0 Å². The Balaban J connectivity index is 0.000000292. The molecular weight excluding hydrogens is 160 g/mol. The standard InChI is InChI=1S/C7H6S.CO2/c1-6-4-2-3-5-7(6)8;2-1-3/h2-5H,1H2;. The van der Waals surface area contributed by atoms with Crippen LogP contribution in [0.3, 0.4) is 0 Å². The van der Waals surface area contributed by atoms with E-state index in [1.165, 1.54) is 0 Å². The van der Waals surface area contributed by atoms with Crippen LogP contribution in [0.4, 0.5) is 0 Å². The quantitative estimate of drug-likeness (QED) is 0.403. The maximum absolute atomic E-state index is 8.12. The summed E-state index contributed by atoms with van der Waals surface area (Å²) in [6.45, 7) is 3.72. The van der Waals surface area contributed by atoms with E-state index in [-0.39, 0.29) is 6.15 Å². The third kappa shape index (κ3) is 4.14. The molecule has 0 fully saturated rings. The highest BCUT2D eigenvalue weighted by Gasteiger charge is 1.94. The van der Waals surface area contributed by atoms with E-state index in [1.54, 1.807) is 0 Å². The van der Waals surface area contributed by atoms with E-state index in [0.29, 0.717) is 0 Å². The summed E-state index contributed by atoms with van der Waals surface area (Å²) in [6, 6.07) is 0. The molecule has 1 aliphatic carbocycles. The molecule has 0 aromatic carbocycles. The van der Waals surface area contributed by atoms with Gasteiger partial charge >= 0.3 is 6.15 Å². The van der Waals surface area contributed by atoms with Gasteiger partial charge in [-0.2, -0.15) is 9.59 Å². The summed E-state index contributed by atoms with van der Waals surface area (Å²) in [5, 5.41) is 0. The van der Waals surface area contributed by atoms with Crippen molar-refractivity contribution in [2.24, 2.45) is 0 Å². The van der Waals surface area contributed by atoms with Crippen LogP contribution in [0.15, 0.2) is 36.5 Å². The van der Waals surface area contributed by atoms with Gasteiger partial charge in [0.05, 0.1) is 0 Å². The Hall–Kier alpha value is -1.31. The van der Waals surface area contributed by atoms with Crippen LogP contribution in [0, 0.1) is 0 Å². The predicted octanol–water partition coefficient (Wildman–Crippen LogP) is 1.45. The van der Waals surface area contributed by atoms with Gasteiger partial charge in [-0.1, -0.05) is 37.0 Å². The smallest absolute Gasteiger partial charge is 0.186 e. The van der Waals surface area contributed by atoms with Crippen LogP contribution in [-0.4, -0.2) is 11.0 Å². The number of thiocarbonyl (C=S) groups is 1. The highest BCUT2D eigenvalue weighted by molar-refractivity contribution is 7.81. The van der Waals surface area contributed by atoms with Gasteiger partial charge in [0, 0.05) is 4.86 Å². The third-order valence-electron chi connectivity index (χ3n) is 0.973. The second-order valence-corrected chi connectivity index (χ2v) is 2.13. The first-order valence-corrected chi connectivity index (χ1v) is 3.20. The molecule has 0 amide bonds. The molecule has 56 valence electrons. The van der Waals surface area contributed by atoms with Crippen LogP contribution in [0.5, 0.6) is 0 Å². The average Bonchev–Trinajstić information content (AvgIpc) is 1.97. The second-order valence-electron chi connectivity index (χ2n) is 1.69. The predicted molar refractivity (Wildman–Crippen MR) is 45.0 cm³/mol. The van der Waals surface area contributed by atoms with Crippen LogP contribution in [0.2, 0.25) is 0 Å². The van der Waals surface area contributed by atoms with Gasteiger partial charge in [0.15, 0.2) is 0 Å². The summed E-state index contributed by atoms with van der Waals surface area (Å²) in [4.78, 5) is 17.1. The fourth-order valence-electron chi connectivity index (χ4n) is 0.504. The topological polar surface area (TPSA) is 34.1 Å². The van der Waals surface area contributed by atoms with Crippen molar-refractivity contribution in [3.8, 4) is 0 Å². The summed E-state index contributed by atoms with van der Waals surface area (Å²) in [7, 11) is 0. The van der Waals surface area contributed by atoms with E-state index in [4.69, 9.17) is 21.8 Å². The minimum Gasteiger partial charge on any atom is -0.186 e. The molecule has 1 aliphatic rings. The van der Waals surface area contributed by atoms with E-state index in [1.807, 2.05) is 24.3 Å². The molecule has 0 aromatic rings. The molecule has 0 heterocycles. The largest absolute Gasteiger partial charge is 0.373 e. The van der Waals surface area contributed by atoms with E-state index in [2.05, 4.69) is 6.58 Å². The molecule has 0 spiro atoms. The maximum atomic E-state index is 8.12. The van der Waals surface area contributed by atoms with Crippen molar-refractivity contribution >= 4 is 23.2 Å². The van der Waals surface area contributed by atoms with E-state index < -0.39 is 0 Å². The van der Waals surface area contributed by atoms with Crippen molar-refractivity contribution in [3.63, 3.8) is 0 Å². The Morgan fingerprint density at radius 1 is 1.27 bits per heavy atom. The zero-order valence-corrected chi connectivity index (χ0v) is 6.56. The summed E-state index contributed by atoms with van der Waals surface area (Å²) in [5.41, 5.74) is 0.933. The zero-order valence-electron chi connectivity index (χ0n) is 5.74. The molecule has 0 aliphatic heterocycles. The van der Waals surface area contributed by atoms with Gasteiger partial charge in [-0.3, -0.25) is 0 Å². The van der Waals surface area contributed by atoms with Gasteiger partial charge in [0.2, 0.25) is 0 Å². The monoisotopic (exact) mass is 166 g/mol. The van der Waals surface area contributed by atoms with E-state index >= 15 is 0 Å². The molecule has 1 rings (SSSR count). The second kappa shape index (κ2) is 5.47. The van der Waals surface area contributed by atoms with Gasteiger partial charge in [0.25, 0.3) is 0 Å². The number of rotatable bonds is 0. The van der Waals surface area contributed by atoms with E-state index in [0.717, 1.165) is 10.4 Å². The average molecular weight is 166 g/mol. The van der Waals surface area contributed by atoms with Gasteiger partial charge in [-0.25, -0.2) is 0 Å². The fraction of sp³-hybridized carbons (Fsp3) is 0. The Morgan fingerprint density at radius 3 is 2.00 bits per heavy atom. The van der Waals surface area contributed by atoms with Crippen LogP contribution < -0.4 is 0 Å². The minimum absolute atomic E-state index is 0.250. The fourth-order valence-corrected chi connectivity index (χ4v) is 0.650. The Kier molecular flexibility index (Phi) is 4.82. The zero-order chi connectivity index (χ0) is 8.69. The highest BCUT2D eigenvalue weighted by atomic mass is 32.1. The lowest BCUT2D eigenvalue weighted by molar-refractivity contribution is -0.191. The number of hydrogen-bond acceptors (Lipinski definition) is 3. The number of allylic oxidation sites excluding steroid dienone is 5. The molecule has 0 saturated carbocycles. The summed E-state index contributed by atoms with van der Waals surface area (Å²) in [6.07, 6.45) is 7.87. The van der Waals surface area contributed by atoms with Gasteiger partial charge < -0.3 is 0 Å². The highest BCUT2D eigenvalue weighted by Crippen LogP contribution is 2.04. The molecule has 11 heavy (non-hydrogen) atoms. The molecule has 0 bridgehead atoms. The lowest BCUT2D eigenvalue weighted by Crippen LogP contribution is -1.92. The summed E-state index contributed by atoms with van der Waals surface area (Å²) in [5.74, 6) is 0. The first kappa shape index (κ1) is 9.69. The SMILES string of the molecule is C=C1C=CC=CC1=S.O=C=O. The first-order chi connectivity index (χ1) is 5.22. The molecule has 0 N–H and O–H groups in total.